The first kappa shape index (κ1) is 14.2. The topological polar surface area (TPSA) is 12.4 Å². The lowest BCUT2D eigenvalue weighted by Gasteiger charge is -2.39. The highest BCUT2D eigenvalue weighted by molar-refractivity contribution is 7.78. The van der Waals surface area contributed by atoms with E-state index in [0.717, 1.165) is 12.5 Å². The van der Waals surface area contributed by atoms with Crippen LogP contribution in [0.25, 0.3) is 0 Å². The molecule has 0 spiro atoms. The normalized spacial score (nSPS) is 25.8. The van der Waals surface area contributed by atoms with Gasteiger partial charge in [0.15, 0.2) is 0 Å². The molecule has 0 bridgehead atoms. The summed E-state index contributed by atoms with van der Waals surface area (Å²) < 4.78 is 0. The van der Waals surface area contributed by atoms with Crippen LogP contribution in [-0.2, 0) is 0 Å². The molecule has 0 aliphatic heterocycles. The maximum Gasteiger partial charge on any atom is 0.0585 e. The number of rotatable bonds is 3. The van der Waals surface area contributed by atoms with Crippen LogP contribution in [0, 0.1) is 11.3 Å². The van der Waals surface area contributed by atoms with Crippen LogP contribution in [0.15, 0.2) is 4.99 Å². The van der Waals surface area contributed by atoms with Gasteiger partial charge in [-0.2, -0.15) is 0 Å². The molecule has 2 fully saturated rings. The molecule has 0 N–H and O–H groups in total. The van der Waals surface area contributed by atoms with Gasteiger partial charge < -0.3 is 0 Å². The number of hydrogen-bond acceptors (Lipinski definition) is 2. The smallest absolute Gasteiger partial charge is 0.0585 e. The number of hydrogen-bond donors (Lipinski definition) is 0. The van der Waals surface area contributed by atoms with Crippen molar-refractivity contribution < 1.29 is 0 Å². The van der Waals surface area contributed by atoms with Crippen LogP contribution in [0.3, 0.4) is 0 Å². The Labute approximate surface area is 117 Å². The van der Waals surface area contributed by atoms with E-state index in [4.69, 9.17) is 12.2 Å². The molecule has 2 rings (SSSR count). The lowest BCUT2D eigenvalue weighted by Crippen LogP contribution is -2.33. The monoisotopic (exact) mass is 265 g/mol. The molecule has 0 aromatic rings. The molecule has 0 aromatic heterocycles. The first-order valence-electron chi connectivity index (χ1n) is 7.91. The predicted molar refractivity (Wildman–Crippen MR) is 81.2 cm³/mol. The first-order chi connectivity index (χ1) is 8.87. The molecule has 0 radical (unpaired) electrons. The molecule has 0 aromatic carbocycles. The molecule has 2 aliphatic rings. The molecule has 0 heterocycles. The van der Waals surface area contributed by atoms with E-state index in [1.54, 1.807) is 0 Å². The molecular weight excluding hydrogens is 238 g/mol. The van der Waals surface area contributed by atoms with Gasteiger partial charge >= 0.3 is 0 Å². The minimum Gasteiger partial charge on any atom is -0.232 e. The Kier molecular flexibility index (Phi) is 5.85. The number of thiocarbonyl (C=S) groups is 1. The third-order valence-electron chi connectivity index (χ3n) is 5.28. The Morgan fingerprint density at radius 1 is 0.889 bits per heavy atom. The zero-order chi connectivity index (χ0) is 12.7. The highest BCUT2D eigenvalue weighted by Gasteiger charge is 2.38. The van der Waals surface area contributed by atoms with E-state index in [1.165, 1.54) is 77.0 Å². The van der Waals surface area contributed by atoms with Gasteiger partial charge in [0.1, 0.15) is 0 Å². The lowest BCUT2D eigenvalue weighted by atomic mass is 9.67. The molecule has 2 saturated carbocycles. The van der Waals surface area contributed by atoms with E-state index in [1.807, 2.05) is 0 Å². The molecule has 0 atom stereocenters. The van der Waals surface area contributed by atoms with Gasteiger partial charge in [-0.05, 0) is 49.2 Å². The quantitative estimate of drug-likeness (QED) is 0.378. The predicted octanol–water partition coefficient (Wildman–Crippen LogP) is 5.40. The number of aliphatic imine (C=N–C) groups is 1. The molecule has 0 unspecified atom stereocenters. The van der Waals surface area contributed by atoms with E-state index in [2.05, 4.69) is 10.2 Å². The largest absolute Gasteiger partial charge is 0.232 e. The molecular formula is C16H27NS. The number of nitrogens with zero attached hydrogens (tertiary/aromatic N) is 1. The second-order valence-electron chi connectivity index (χ2n) is 6.37. The Bertz CT molecular complexity index is 277. The van der Waals surface area contributed by atoms with Crippen LogP contribution < -0.4 is 0 Å². The van der Waals surface area contributed by atoms with Crippen molar-refractivity contribution in [3.63, 3.8) is 0 Å². The van der Waals surface area contributed by atoms with Gasteiger partial charge in [0.2, 0.25) is 0 Å². The molecule has 2 aliphatic carbocycles. The van der Waals surface area contributed by atoms with E-state index < -0.39 is 0 Å². The average molecular weight is 265 g/mol. The van der Waals surface area contributed by atoms with Crippen molar-refractivity contribution in [2.45, 2.75) is 77.0 Å². The van der Waals surface area contributed by atoms with Crippen LogP contribution >= 0.6 is 12.2 Å². The van der Waals surface area contributed by atoms with Gasteiger partial charge in [-0.1, -0.05) is 51.4 Å². The van der Waals surface area contributed by atoms with Gasteiger partial charge in [-0.15, -0.1) is 0 Å². The van der Waals surface area contributed by atoms with Gasteiger partial charge in [0, 0.05) is 0 Å². The summed E-state index contributed by atoms with van der Waals surface area (Å²) in [4.78, 5) is 4.38. The maximum atomic E-state index is 4.82. The van der Waals surface area contributed by atoms with E-state index >= 15 is 0 Å². The minimum atomic E-state index is 0.479. The fourth-order valence-corrected chi connectivity index (χ4v) is 4.27. The summed E-state index contributed by atoms with van der Waals surface area (Å²) in [6.07, 6.45) is 17.1. The summed E-state index contributed by atoms with van der Waals surface area (Å²) >= 11 is 4.82. The van der Waals surface area contributed by atoms with Gasteiger partial charge in [0.25, 0.3) is 0 Å². The SMILES string of the molecule is S=C=NCC1(C2CCCCCC2)CCCCCC1. The molecule has 1 nitrogen and oxygen atoms in total. The van der Waals surface area contributed by atoms with E-state index in [0.29, 0.717) is 5.41 Å². The fraction of sp³-hybridized carbons (Fsp3) is 0.938. The summed E-state index contributed by atoms with van der Waals surface area (Å²) in [7, 11) is 0. The summed E-state index contributed by atoms with van der Waals surface area (Å²) in [5.74, 6) is 0.908. The van der Waals surface area contributed by atoms with E-state index in [-0.39, 0.29) is 0 Å². The third-order valence-corrected chi connectivity index (χ3v) is 5.41. The molecule has 102 valence electrons. The fourth-order valence-electron chi connectivity index (χ4n) is 4.21. The van der Waals surface area contributed by atoms with Crippen LogP contribution in [0.1, 0.15) is 77.0 Å². The molecule has 0 saturated heterocycles. The van der Waals surface area contributed by atoms with Crippen molar-refractivity contribution in [3.05, 3.63) is 0 Å². The van der Waals surface area contributed by atoms with Crippen molar-refractivity contribution in [2.24, 2.45) is 16.3 Å². The zero-order valence-electron chi connectivity index (χ0n) is 11.6. The average Bonchev–Trinajstić information content (AvgIpc) is 2.80. The van der Waals surface area contributed by atoms with Crippen molar-refractivity contribution in [3.8, 4) is 0 Å². The second-order valence-corrected chi connectivity index (χ2v) is 6.56. The number of isothiocyanates is 1. The van der Waals surface area contributed by atoms with Gasteiger partial charge in [-0.3, -0.25) is 0 Å². The Hall–Kier alpha value is -0.200. The summed E-state index contributed by atoms with van der Waals surface area (Å²) in [5, 5.41) is 2.62. The maximum absolute atomic E-state index is 4.82. The zero-order valence-corrected chi connectivity index (χ0v) is 12.4. The van der Waals surface area contributed by atoms with Crippen LogP contribution in [0.2, 0.25) is 0 Å². The first-order valence-corrected chi connectivity index (χ1v) is 8.32. The Morgan fingerprint density at radius 3 is 2.00 bits per heavy atom. The highest BCUT2D eigenvalue weighted by Crippen LogP contribution is 2.47. The minimum absolute atomic E-state index is 0.479. The summed E-state index contributed by atoms with van der Waals surface area (Å²) in [6.45, 7) is 0.959. The van der Waals surface area contributed by atoms with Crippen molar-refractivity contribution in [1.82, 2.24) is 0 Å². The second kappa shape index (κ2) is 7.40. The van der Waals surface area contributed by atoms with Gasteiger partial charge in [-0.25, -0.2) is 4.99 Å². The van der Waals surface area contributed by atoms with Crippen molar-refractivity contribution in [2.75, 3.05) is 6.54 Å². The summed E-state index contributed by atoms with van der Waals surface area (Å²) in [5.41, 5.74) is 0.479. The third kappa shape index (κ3) is 3.65. The molecule has 2 heteroatoms. The lowest BCUT2D eigenvalue weighted by molar-refractivity contribution is 0.125. The van der Waals surface area contributed by atoms with Crippen molar-refractivity contribution >= 4 is 17.4 Å². The standard InChI is InChI=1S/C16H27NS/c18-14-17-13-16(11-7-3-4-8-12-16)15-9-5-1-2-6-10-15/h15H,1-13H2. The van der Waals surface area contributed by atoms with Crippen LogP contribution in [0.4, 0.5) is 0 Å². The van der Waals surface area contributed by atoms with Crippen LogP contribution in [-0.4, -0.2) is 11.7 Å². The highest BCUT2D eigenvalue weighted by atomic mass is 32.1. The van der Waals surface area contributed by atoms with Crippen molar-refractivity contribution in [1.29, 1.82) is 0 Å². The Balaban J connectivity index is 2.12. The molecule has 0 amide bonds. The summed E-state index contributed by atoms with van der Waals surface area (Å²) in [6, 6.07) is 0. The van der Waals surface area contributed by atoms with Gasteiger partial charge in [0.05, 0.1) is 11.7 Å². The Morgan fingerprint density at radius 2 is 1.44 bits per heavy atom. The van der Waals surface area contributed by atoms with E-state index in [9.17, 15) is 0 Å². The molecule has 18 heavy (non-hydrogen) atoms. The van der Waals surface area contributed by atoms with Crippen LogP contribution in [0.5, 0.6) is 0 Å².